The molecule has 7 heteroatoms. The Morgan fingerprint density at radius 1 is 1.44 bits per heavy atom. The number of aromatic nitrogens is 3. The fraction of sp³-hybridized carbons (Fsp3) is 0.636. The predicted octanol–water partition coefficient (Wildman–Crippen LogP) is 0.865. The maximum absolute atomic E-state index is 11.8. The number of amides is 1. The summed E-state index contributed by atoms with van der Waals surface area (Å²) in [6.07, 6.45) is 0.824. The first-order valence-electron chi connectivity index (χ1n) is 5.52. The Morgan fingerprint density at radius 2 is 2.06 bits per heavy atom. The number of carbonyl (C=O) groups excluding carboxylic acids is 2. The van der Waals surface area contributed by atoms with E-state index in [1.807, 2.05) is 0 Å². The quantitative estimate of drug-likeness (QED) is 0.748. The molecule has 1 heterocycles. The van der Waals surface area contributed by atoms with E-state index in [1.54, 1.807) is 27.8 Å². The van der Waals surface area contributed by atoms with Crippen molar-refractivity contribution in [2.24, 2.45) is 7.05 Å². The minimum atomic E-state index is -0.582. The van der Waals surface area contributed by atoms with Gasteiger partial charge in [-0.05, 0) is 20.8 Å². The van der Waals surface area contributed by atoms with Gasteiger partial charge in [-0.1, -0.05) is 0 Å². The lowest BCUT2D eigenvalue weighted by Crippen LogP contribution is -2.37. The van der Waals surface area contributed by atoms with Crippen LogP contribution in [0.2, 0.25) is 0 Å². The molecule has 0 saturated carbocycles. The Morgan fingerprint density at radius 3 is 2.50 bits per heavy atom. The van der Waals surface area contributed by atoms with Gasteiger partial charge >= 0.3 is 6.09 Å². The maximum atomic E-state index is 11.8. The van der Waals surface area contributed by atoms with Gasteiger partial charge in [0, 0.05) is 14.1 Å². The first-order chi connectivity index (χ1) is 8.19. The summed E-state index contributed by atoms with van der Waals surface area (Å²) in [6.45, 7) is 5.21. The Hall–Kier alpha value is -1.92. The zero-order chi connectivity index (χ0) is 13.9. The molecule has 0 spiro atoms. The SMILES string of the molecule is CN(CC(=O)c1cnn(C)n1)C(=O)OC(C)(C)C. The van der Waals surface area contributed by atoms with Crippen LogP contribution in [0, 0.1) is 0 Å². The van der Waals surface area contributed by atoms with E-state index in [-0.39, 0.29) is 18.0 Å². The number of carbonyl (C=O) groups is 2. The molecular weight excluding hydrogens is 236 g/mol. The second-order valence-electron chi connectivity index (χ2n) is 4.98. The Kier molecular flexibility index (Phi) is 4.05. The Balaban J connectivity index is 2.57. The lowest BCUT2D eigenvalue weighted by molar-refractivity contribution is 0.0294. The molecular formula is C11H18N4O3. The van der Waals surface area contributed by atoms with E-state index in [2.05, 4.69) is 10.2 Å². The van der Waals surface area contributed by atoms with Crippen molar-refractivity contribution in [3.8, 4) is 0 Å². The molecule has 0 aliphatic carbocycles. The summed E-state index contributed by atoms with van der Waals surface area (Å²) >= 11 is 0. The summed E-state index contributed by atoms with van der Waals surface area (Å²) in [5.74, 6) is -0.281. The molecule has 7 nitrogen and oxygen atoms in total. The summed E-state index contributed by atoms with van der Waals surface area (Å²) < 4.78 is 5.13. The van der Waals surface area contributed by atoms with E-state index in [4.69, 9.17) is 4.74 Å². The topological polar surface area (TPSA) is 77.3 Å². The molecule has 0 bridgehead atoms. The molecule has 0 unspecified atom stereocenters. The minimum absolute atomic E-state index is 0.0897. The molecule has 0 N–H and O–H groups in total. The fourth-order valence-electron chi connectivity index (χ4n) is 1.17. The van der Waals surface area contributed by atoms with Crippen LogP contribution in [0.25, 0.3) is 0 Å². The number of ether oxygens (including phenoxy) is 1. The largest absolute Gasteiger partial charge is 0.444 e. The van der Waals surface area contributed by atoms with Crippen LogP contribution < -0.4 is 0 Å². The van der Waals surface area contributed by atoms with Gasteiger partial charge < -0.3 is 9.64 Å². The summed E-state index contributed by atoms with van der Waals surface area (Å²) in [6, 6.07) is 0. The van der Waals surface area contributed by atoms with E-state index >= 15 is 0 Å². The van der Waals surface area contributed by atoms with Crippen molar-refractivity contribution < 1.29 is 14.3 Å². The highest BCUT2D eigenvalue weighted by atomic mass is 16.6. The van der Waals surface area contributed by atoms with Gasteiger partial charge in [-0.2, -0.15) is 15.0 Å². The van der Waals surface area contributed by atoms with Crippen molar-refractivity contribution in [2.45, 2.75) is 26.4 Å². The van der Waals surface area contributed by atoms with Crippen LogP contribution in [0.15, 0.2) is 6.20 Å². The van der Waals surface area contributed by atoms with E-state index in [0.717, 1.165) is 0 Å². The summed E-state index contributed by atoms with van der Waals surface area (Å²) in [5.41, 5.74) is -0.353. The zero-order valence-corrected chi connectivity index (χ0v) is 11.3. The van der Waals surface area contributed by atoms with Crippen molar-refractivity contribution in [3.05, 3.63) is 11.9 Å². The third kappa shape index (κ3) is 4.15. The Bertz CT molecular complexity index is 447. The van der Waals surface area contributed by atoms with E-state index in [9.17, 15) is 9.59 Å². The number of ketones is 1. The van der Waals surface area contributed by atoms with Gasteiger partial charge in [0.25, 0.3) is 0 Å². The van der Waals surface area contributed by atoms with Gasteiger partial charge in [0.15, 0.2) is 5.69 Å². The number of likely N-dealkylation sites (N-methyl/N-ethyl adjacent to an activating group) is 1. The number of hydrogen-bond donors (Lipinski definition) is 0. The third-order valence-corrected chi connectivity index (χ3v) is 1.97. The second kappa shape index (κ2) is 5.16. The molecule has 18 heavy (non-hydrogen) atoms. The summed E-state index contributed by atoms with van der Waals surface area (Å²) in [4.78, 5) is 25.9. The molecule has 1 amide bonds. The minimum Gasteiger partial charge on any atom is -0.444 e. The summed E-state index contributed by atoms with van der Waals surface area (Å²) in [5, 5.41) is 7.67. The molecule has 0 fully saturated rings. The molecule has 100 valence electrons. The molecule has 0 atom stereocenters. The van der Waals surface area contributed by atoms with Crippen molar-refractivity contribution in [1.29, 1.82) is 0 Å². The Labute approximate surface area is 106 Å². The second-order valence-corrected chi connectivity index (χ2v) is 4.98. The van der Waals surface area contributed by atoms with E-state index in [0.29, 0.717) is 0 Å². The first kappa shape index (κ1) is 14.1. The molecule has 1 aromatic heterocycles. The molecule has 0 aliphatic heterocycles. The lowest BCUT2D eigenvalue weighted by atomic mass is 10.2. The monoisotopic (exact) mass is 254 g/mol. The van der Waals surface area contributed by atoms with Crippen molar-refractivity contribution >= 4 is 11.9 Å². The smallest absolute Gasteiger partial charge is 0.410 e. The van der Waals surface area contributed by atoms with E-state index < -0.39 is 11.7 Å². The van der Waals surface area contributed by atoms with Gasteiger partial charge in [0.1, 0.15) is 5.60 Å². The van der Waals surface area contributed by atoms with E-state index in [1.165, 1.54) is 22.9 Å². The number of hydrogen-bond acceptors (Lipinski definition) is 5. The maximum Gasteiger partial charge on any atom is 0.410 e. The average molecular weight is 254 g/mol. The lowest BCUT2D eigenvalue weighted by Gasteiger charge is -2.23. The number of aryl methyl sites for hydroxylation is 1. The highest BCUT2D eigenvalue weighted by Crippen LogP contribution is 2.09. The predicted molar refractivity (Wildman–Crippen MR) is 64.2 cm³/mol. The number of rotatable bonds is 3. The zero-order valence-electron chi connectivity index (χ0n) is 11.3. The van der Waals surface area contributed by atoms with Crippen LogP contribution >= 0.6 is 0 Å². The molecule has 0 aromatic carbocycles. The van der Waals surface area contributed by atoms with Crippen molar-refractivity contribution in [2.75, 3.05) is 13.6 Å². The van der Waals surface area contributed by atoms with Crippen molar-refractivity contribution in [3.63, 3.8) is 0 Å². The van der Waals surface area contributed by atoms with Gasteiger partial charge in [-0.15, -0.1) is 0 Å². The number of Topliss-reactive ketones (excluding diaryl/α,β-unsaturated/α-hetero) is 1. The third-order valence-electron chi connectivity index (χ3n) is 1.97. The van der Waals surface area contributed by atoms with Crippen molar-refractivity contribution in [1.82, 2.24) is 19.9 Å². The number of nitrogens with zero attached hydrogens (tertiary/aromatic N) is 4. The van der Waals surface area contributed by atoms with Crippen LogP contribution in [0.5, 0.6) is 0 Å². The van der Waals surface area contributed by atoms with Gasteiger partial charge in [0.2, 0.25) is 5.78 Å². The highest BCUT2D eigenvalue weighted by molar-refractivity contribution is 5.96. The van der Waals surface area contributed by atoms with Crippen LogP contribution in [-0.2, 0) is 11.8 Å². The first-order valence-corrected chi connectivity index (χ1v) is 5.52. The normalized spacial score (nSPS) is 11.2. The van der Waals surface area contributed by atoms with Crippen LogP contribution in [0.3, 0.4) is 0 Å². The van der Waals surface area contributed by atoms with Crippen LogP contribution in [-0.4, -0.2) is 51.0 Å². The molecule has 0 saturated heterocycles. The standard InChI is InChI=1S/C11H18N4O3/c1-11(2,3)18-10(17)14(4)7-9(16)8-6-12-15(5)13-8/h6H,7H2,1-5H3. The molecule has 0 radical (unpaired) electrons. The van der Waals surface area contributed by atoms with Crippen LogP contribution in [0.4, 0.5) is 4.79 Å². The van der Waals surface area contributed by atoms with Gasteiger partial charge in [0.05, 0.1) is 12.7 Å². The molecule has 1 rings (SSSR count). The van der Waals surface area contributed by atoms with Gasteiger partial charge in [-0.25, -0.2) is 4.79 Å². The highest BCUT2D eigenvalue weighted by Gasteiger charge is 2.22. The molecule has 1 aromatic rings. The molecule has 0 aliphatic rings. The van der Waals surface area contributed by atoms with Crippen LogP contribution in [0.1, 0.15) is 31.3 Å². The summed E-state index contributed by atoms with van der Waals surface area (Å²) in [7, 11) is 3.12. The van der Waals surface area contributed by atoms with Gasteiger partial charge in [-0.3, -0.25) is 4.79 Å². The fourth-order valence-corrected chi connectivity index (χ4v) is 1.17. The average Bonchev–Trinajstić information content (AvgIpc) is 2.62.